The maximum Gasteiger partial charge on any atom is 0.319 e. The van der Waals surface area contributed by atoms with Crippen molar-refractivity contribution in [2.45, 2.75) is 12.5 Å². The van der Waals surface area contributed by atoms with Crippen LogP contribution in [0.5, 0.6) is 0 Å². The summed E-state index contributed by atoms with van der Waals surface area (Å²) >= 11 is 0. The highest BCUT2D eigenvalue weighted by Gasteiger charge is 2.27. The fraction of sp³-hybridized carbons (Fsp3) is 0.235. The van der Waals surface area contributed by atoms with Gasteiger partial charge in [-0.3, -0.25) is 9.67 Å². The number of rotatable bonds is 5. The lowest BCUT2D eigenvalue weighted by Crippen LogP contribution is -2.40. The van der Waals surface area contributed by atoms with Crippen molar-refractivity contribution in [2.75, 3.05) is 11.9 Å². The molecule has 8 heteroatoms. The number of aromatic nitrogens is 3. The highest BCUT2D eigenvalue weighted by atomic mass is 16.4. The van der Waals surface area contributed by atoms with Crippen LogP contribution in [0, 0.1) is 0 Å². The van der Waals surface area contributed by atoms with Gasteiger partial charge in [0, 0.05) is 19.4 Å². The largest absolute Gasteiger partial charge is 0.466 e. The first-order valence-electron chi connectivity index (χ1n) is 7.72. The minimum atomic E-state index is -1.31. The van der Waals surface area contributed by atoms with Crippen LogP contribution in [-0.4, -0.2) is 32.4 Å². The first-order valence-corrected chi connectivity index (χ1v) is 7.72. The molecule has 0 saturated carbocycles. The van der Waals surface area contributed by atoms with Crippen molar-refractivity contribution in [3.05, 3.63) is 54.7 Å². The first-order chi connectivity index (χ1) is 12.0. The van der Waals surface area contributed by atoms with Gasteiger partial charge >= 0.3 is 6.03 Å². The molecule has 2 amide bonds. The topological polar surface area (TPSA) is 105 Å². The monoisotopic (exact) mass is 341 g/mol. The number of pyridine rings is 1. The molecule has 0 aliphatic rings. The molecular formula is C17H19N5O3. The molecule has 0 spiro atoms. The second-order valence-electron chi connectivity index (χ2n) is 5.84. The van der Waals surface area contributed by atoms with Gasteiger partial charge in [-0.05, 0) is 31.2 Å². The summed E-state index contributed by atoms with van der Waals surface area (Å²) in [5.41, 5.74) is 0.438. The standard InChI is InChI=1S/C17H19N5O3/c1-17(24,14-7-5-9-25-14)11-19-16(23)20-13-10-22(2)21-15(13)12-6-3-4-8-18-12/h3-10,24H,11H2,1-2H3,(H2,19,20,23)/t17-/m0/s1. The third-order valence-electron chi connectivity index (χ3n) is 3.63. The summed E-state index contributed by atoms with van der Waals surface area (Å²) in [5.74, 6) is 0.378. The van der Waals surface area contributed by atoms with Gasteiger partial charge in [-0.2, -0.15) is 5.10 Å². The van der Waals surface area contributed by atoms with Crippen molar-refractivity contribution in [3.63, 3.8) is 0 Å². The van der Waals surface area contributed by atoms with Gasteiger partial charge in [-0.25, -0.2) is 4.79 Å². The van der Waals surface area contributed by atoms with Crippen molar-refractivity contribution < 1.29 is 14.3 Å². The van der Waals surface area contributed by atoms with Gasteiger partial charge in [0.05, 0.1) is 24.2 Å². The fourth-order valence-corrected chi connectivity index (χ4v) is 2.36. The minimum absolute atomic E-state index is 0.00840. The predicted octanol–water partition coefficient (Wildman–Crippen LogP) is 2.10. The molecule has 3 aromatic heterocycles. The molecule has 0 aliphatic carbocycles. The number of hydrogen-bond acceptors (Lipinski definition) is 5. The van der Waals surface area contributed by atoms with Crippen LogP contribution in [0.1, 0.15) is 12.7 Å². The molecule has 3 aromatic rings. The van der Waals surface area contributed by atoms with Crippen LogP contribution in [0.2, 0.25) is 0 Å². The van der Waals surface area contributed by atoms with Crippen LogP contribution >= 0.6 is 0 Å². The molecule has 25 heavy (non-hydrogen) atoms. The second-order valence-corrected chi connectivity index (χ2v) is 5.84. The van der Waals surface area contributed by atoms with Gasteiger partial charge < -0.3 is 20.2 Å². The van der Waals surface area contributed by atoms with E-state index in [0.29, 0.717) is 22.8 Å². The first kappa shape index (κ1) is 16.7. The van der Waals surface area contributed by atoms with Crippen LogP contribution in [0.3, 0.4) is 0 Å². The molecule has 130 valence electrons. The molecule has 3 heterocycles. The Labute approximate surface area is 144 Å². The lowest BCUT2D eigenvalue weighted by molar-refractivity contribution is 0.0372. The van der Waals surface area contributed by atoms with Crippen molar-refractivity contribution in [1.82, 2.24) is 20.1 Å². The summed E-state index contributed by atoms with van der Waals surface area (Å²) in [6.45, 7) is 1.56. The number of furan rings is 1. The highest BCUT2D eigenvalue weighted by molar-refractivity contribution is 5.93. The van der Waals surface area contributed by atoms with E-state index >= 15 is 0 Å². The van der Waals surface area contributed by atoms with Crippen LogP contribution in [0.25, 0.3) is 11.4 Å². The maximum atomic E-state index is 12.2. The molecule has 0 radical (unpaired) electrons. The summed E-state index contributed by atoms with van der Waals surface area (Å²) in [6.07, 6.45) is 4.82. The number of carbonyl (C=O) groups excluding carboxylic acids is 1. The van der Waals surface area contributed by atoms with E-state index in [-0.39, 0.29) is 6.54 Å². The molecular weight excluding hydrogens is 322 g/mol. The summed E-state index contributed by atoms with van der Waals surface area (Å²) < 4.78 is 6.78. The normalized spacial score (nSPS) is 13.2. The number of nitrogens with zero attached hydrogens (tertiary/aromatic N) is 3. The summed E-state index contributed by atoms with van der Waals surface area (Å²) in [6, 6.07) is 8.34. The van der Waals surface area contributed by atoms with E-state index in [4.69, 9.17) is 4.42 Å². The Morgan fingerprint density at radius 2 is 2.20 bits per heavy atom. The number of carbonyl (C=O) groups is 1. The zero-order valence-corrected chi connectivity index (χ0v) is 13.9. The molecule has 1 atom stereocenters. The van der Waals surface area contributed by atoms with Gasteiger partial charge in [-0.15, -0.1) is 0 Å². The van der Waals surface area contributed by atoms with Crippen molar-refractivity contribution in [3.8, 4) is 11.4 Å². The van der Waals surface area contributed by atoms with Gasteiger partial charge in [0.2, 0.25) is 0 Å². The Bertz CT molecular complexity index is 841. The highest BCUT2D eigenvalue weighted by Crippen LogP contribution is 2.24. The van der Waals surface area contributed by atoms with Crippen molar-refractivity contribution in [2.24, 2.45) is 7.05 Å². The molecule has 0 bridgehead atoms. The third kappa shape index (κ3) is 3.86. The Morgan fingerprint density at radius 3 is 2.88 bits per heavy atom. The van der Waals surface area contributed by atoms with Crippen molar-refractivity contribution in [1.29, 1.82) is 0 Å². The molecule has 3 rings (SSSR count). The lowest BCUT2D eigenvalue weighted by atomic mass is 10.0. The van der Waals surface area contributed by atoms with Gasteiger partial charge in [0.1, 0.15) is 17.1 Å². The Hall–Kier alpha value is -3.13. The van der Waals surface area contributed by atoms with Gasteiger partial charge in [0.25, 0.3) is 0 Å². The lowest BCUT2D eigenvalue weighted by Gasteiger charge is -2.21. The van der Waals surface area contributed by atoms with Crippen molar-refractivity contribution >= 4 is 11.7 Å². The zero-order valence-electron chi connectivity index (χ0n) is 13.9. The van der Waals surface area contributed by atoms with Gasteiger partial charge in [-0.1, -0.05) is 6.07 Å². The molecule has 3 N–H and O–H groups in total. The van der Waals surface area contributed by atoms with Gasteiger partial charge in [0.15, 0.2) is 0 Å². The average molecular weight is 341 g/mol. The van der Waals surface area contributed by atoms with E-state index < -0.39 is 11.6 Å². The molecule has 8 nitrogen and oxygen atoms in total. The number of nitrogens with one attached hydrogen (secondary N) is 2. The number of amides is 2. The molecule has 0 aromatic carbocycles. The number of anilines is 1. The predicted molar refractivity (Wildman–Crippen MR) is 91.7 cm³/mol. The quantitative estimate of drug-likeness (QED) is 0.659. The summed E-state index contributed by atoms with van der Waals surface area (Å²) in [7, 11) is 1.76. The third-order valence-corrected chi connectivity index (χ3v) is 3.63. The van der Waals surface area contributed by atoms with Crippen LogP contribution in [-0.2, 0) is 12.6 Å². The number of urea groups is 1. The van der Waals surface area contributed by atoms with Crippen LogP contribution < -0.4 is 10.6 Å². The summed E-state index contributed by atoms with van der Waals surface area (Å²) in [4.78, 5) is 16.4. The molecule has 0 fully saturated rings. The Balaban J connectivity index is 1.68. The van der Waals surface area contributed by atoms with E-state index in [2.05, 4.69) is 20.7 Å². The number of hydrogen-bond donors (Lipinski definition) is 3. The Morgan fingerprint density at radius 1 is 1.36 bits per heavy atom. The molecule has 0 aliphatic heterocycles. The minimum Gasteiger partial charge on any atom is -0.466 e. The smallest absolute Gasteiger partial charge is 0.319 e. The van der Waals surface area contributed by atoms with E-state index in [9.17, 15) is 9.90 Å². The van der Waals surface area contributed by atoms with E-state index in [1.165, 1.54) is 6.26 Å². The average Bonchev–Trinajstić information content (AvgIpc) is 3.24. The van der Waals surface area contributed by atoms with Crippen LogP contribution in [0.4, 0.5) is 10.5 Å². The van der Waals surface area contributed by atoms with E-state index in [1.54, 1.807) is 43.2 Å². The molecule has 0 unspecified atom stereocenters. The fourth-order valence-electron chi connectivity index (χ4n) is 2.36. The second kappa shape index (κ2) is 6.78. The Kier molecular flexibility index (Phi) is 4.53. The SMILES string of the molecule is Cn1cc(NC(=O)NC[C@](C)(O)c2ccco2)c(-c2ccccn2)n1. The van der Waals surface area contributed by atoms with E-state index in [0.717, 1.165) is 0 Å². The molecule has 0 saturated heterocycles. The zero-order chi connectivity index (χ0) is 17.9. The number of aliphatic hydroxyl groups is 1. The van der Waals surface area contributed by atoms with Crippen LogP contribution in [0.15, 0.2) is 53.4 Å². The summed E-state index contributed by atoms with van der Waals surface area (Å²) in [5, 5.41) is 20.1. The number of aryl methyl sites for hydroxylation is 1. The van der Waals surface area contributed by atoms with E-state index in [1.807, 2.05) is 18.2 Å². The maximum absolute atomic E-state index is 12.2.